The molecule has 80 valence electrons. The summed E-state index contributed by atoms with van der Waals surface area (Å²) in [4.78, 5) is 23.6. The van der Waals surface area contributed by atoms with E-state index >= 15 is 0 Å². The zero-order chi connectivity index (χ0) is 10.6. The number of carbonyl (C=O) groups is 2. The molecule has 1 amide bonds. The van der Waals surface area contributed by atoms with Crippen LogP contribution >= 0.6 is 0 Å². The van der Waals surface area contributed by atoms with E-state index in [0.29, 0.717) is 13.2 Å². The normalized spacial score (nSPS) is 21.4. The minimum Gasteiger partial charge on any atom is -0.465 e. The molecule has 1 unspecified atom stereocenters. The van der Waals surface area contributed by atoms with Crippen LogP contribution in [-0.2, 0) is 14.3 Å². The van der Waals surface area contributed by atoms with Crippen LogP contribution in [0.15, 0.2) is 0 Å². The van der Waals surface area contributed by atoms with E-state index in [-0.39, 0.29) is 24.8 Å². The molecular weight excluding hydrogens is 189 g/mol. The Morgan fingerprint density at radius 1 is 1.71 bits per heavy atom. The topological polar surface area (TPSA) is 46.6 Å². The van der Waals surface area contributed by atoms with E-state index in [1.807, 2.05) is 0 Å². The van der Waals surface area contributed by atoms with E-state index in [1.165, 1.54) is 4.90 Å². The minimum absolute atomic E-state index is 0.0524. The number of nitrogens with zero attached hydrogens (tertiary/aromatic N) is 1. The molecule has 0 spiro atoms. The second kappa shape index (κ2) is 4.93. The molecule has 1 aliphatic heterocycles. The maximum absolute atomic E-state index is 12.2. The van der Waals surface area contributed by atoms with Gasteiger partial charge >= 0.3 is 5.97 Å². The van der Waals surface area contributed by atoms with Crippen LogP contribution in [0.3, 0.4) is 0 Å². The summed E-state index contributed by atoms with van der Waals surface area (Å²) in [6.45, 7) is 1.77. The summed E-state index contributed by atoms with van der Waals surface area (Å²) in [6.07, 6.45) is 0.204. The lowest BCUT2D eigenvalue weighted by atomic mass is 10.1. The molecule has 1 atom stereocenters. The van der Waals surface area contributed by atoms with E-state index in [0.717, 1.165) is 0 Å². The molecule has 1 rings (SSSR count). The number of carbonyl (C=O) groups excluding carboxylic acids is 2. The quantitative estimate of drug-likeness (QED) is 0.620. The van der Waals surface area contributed by atoms with Crippen LogP contribution in [0, 0.1) is 5.92 Å². The molecule has 0 aromatic carbocycles. The first-order valence-electron chi connectivity index (χ1n) is 4.66. The van der Waals surface area contributed by atoms with Crippen LogP contribution < -0.4 is 0 Å². The van der Waals surface area contributed by atoms with Gasteiger partial charge in [0.1, 0.15) is 6.54 Å². The Bertz CT molecular complexity index is 232. The van der Waals surface area contributed by atoms with Gasteiger partial charge in [-0.3, -0.25) is 14.0 Å². The van der Waals surface area contributed by atoms with E-state index in [4.69, 9.17) is 4.74 Å². The van der Waals surface area contributed by atoms with Crippen molar-refractivity contribution in [2.24, 2.45) is 5.92 Å². The third-order valence-electron chi connectivity index (χ3n) is 2.14. The molecule has 14 heavy (non-hydrogen) atoms. The van der Waals surface area contributed by atoms with Crippen LogP contribution in [0.1, 0.15) is 13.3 Å². The van der Waals surface area contributed by atoms with Crippen molar-refractivity contribution in [1.82, 2.24) is 4.90 Å². The van der Waals surface area contributed by atoms with Crippen molar-refractivity contribution in [1.29, 1.82) is 0 Å². The van der Waals surface area contributed by atoms with Gasteiger partial charge in [0.25, 0.3) is 0 Å². The minimum atomic E-state index is -0.509. The fraction of sp³-hybridized carbons (Fsp3) is 0.778. The van der Waals surface area contributed by atoms with Crippen molar-refractivity contribution in [3.8, 4) is 0 Å². The Morgan fingerprint density at radius 2 is 2.43 bits per heavy atom. The van der Waals surface area contributed by atoms with Gasteiger partial charge in [-0.05, 0) is 6.92 Å². The van der Waals surface area contributed by atoms with E-state index < -0.39 is 12.6 Å². The third-order valence-corrected chi connectivity index (χ3v) is 2.14. The van der Waals surface area contributed by atoms with Crippen molar-refractivity contribution < 1.29 is 18.7 Å². The van der Waals surface area contributed by atoms with Gasteiger partial charge in [-0.1, -0.05) is 0 Å². The van der Waals surface area contributed by atoms with Gasteiger partial charge in [0, 0.05) is 18.9 Å². The van der Waals surface area contributed by atoms with Gasteiger partial charge < -0.3 is 9.64 Å². The summed E-state index contributed by atoms with van der Waals surface area (Å²) in [5.74, 6) is -0.849. The zero-order valence-electron chi connectivity index (χ0n) is 8.16. The molecule has 1 saturated heterocycles. The van der Waals surface area contributed by atoms with Crippen LogP contribution in [0.2, 0.25) is 0 Å². The second-order valence-corrected chi connectivity index (χ2v) is 3.30. The maximum atomic E-state index is 12.2. The van der Waals surface area contributed by atoms with Gasteiger partial charge in [-0.2, -0.15) is 0 Å². The van der Waals surface area contributed by atoms with E-state index in [9.17, 15) is 14.0 Å². The fourth-order valence-corrected chi connectivity index (χ4v) is 1.47. The lowest BCUT2D eigenvalue weighted by Crippen LogP contribution is -2.32. The molecule has 0 saturated carbocycles. The molecule has 1 fully saturated rings. The first kappa shape index (κ1) is 10.9. The number of likely N-dealkylation sites (tertiary alicyclic amines) is 1. The zero-order valence-corrected chi connectivity index (χ0v) is 8.16. The highest BCUT2D eigenvalue weighted by Crippen LogP contribution is 2.17. The number of amides is 1. The molecular formula is C9H14FNO3. The standard InChI is InChI=1S/C9H14FNO3/c1-2-14-9(13)6-11-5-7(4-10)3-8(11)12/h7H,2-6H2,1H3. The lowest BCUT2D eigenvalue weighted by Gasteiger charge is -2.14. The maximum Gasteiger partial charge on any atom is 0.325 e. The Morgan fingerprint density at radius 3 is 2.93 bits per heavy atom. The first-order valence-corrected chi connectivity index (χ1v) is 4.66. The summed E-state index contributed by atoms with van der Waals surface area (Å²) >= 11 is 0. The van der Waals surface area contributed by atoms with Crippen LogP contribution in [0.5, 0.6) is 0 Å². The van der Waals surface area contributed by atoms with Gasteiger partial charge in [-0.15, -0.1) is 0 Å². The van der Waals surface area contributed by atoms with Crippen molar-refractivity contribution in [2.75, 3.05) is 26.4 Å². The van der Waals surface area contributed by atoms with Crippen LogP contribution in [-0.4, -0.2) is 43.1 Å². The monoisotopic (exact) mass is 203 g/mol. The average Bonchev–Trinajstić information content (AvgIpc) is 2.48. The van der Waals surface area contributed by atoms with Gasteiger partial charge in [0.15, 0.2) is 0 Å². The molecule has 5 heteroatoms. The van der Waals surface area contributed by atoms with Crippen molar-refractivity contribution in [2.45, 2.75) is 13.3 Å². The molecule has 0 N–H and O–H groups in total. The summed E-state index contributed by atoms with van der Waals surface area (Å²) in [5.41, 5.74) is 0. The van der Waals surface area contributed by atoms with E-state index in [1.54, 1.807) is 6.92 Å². The molecule has 0 radical (unpaired) electrons. The summed E-state index contributed by atoms with van der Waals surface area (Å²) < 4.78 is 16.9. The Kier molecular flexibility index (Phi) is 3.85. The van der Waals surface area contributed by atoms with Crippen molar-refractivity contribution in [3.05, 3.63) is 0 Å². The molecule has 1 aliphatic rings. The first-order chi connectivity index (χ1) is 6.67. The third kappa shape index (κ3) is 2.68. The highest BCUT2D eigenvalue weighted by Gasteiger charge is 2.30. The average molecular weight is 203 g/mol. The highest BCUT2D eigenvalue weighted by molar-refractivity contribution is 5.83. The number of hydrogen-bond acceptors (Lipinski definition) is 3. The van der Waals surface area contributed by atoms with Crippen molar-refractivity contribution >= 4 is 11.9 Å². The SMILES string of the molecule is CCOC(=O)CN1CC(CF)CC1=O. The van der Waals surface area contributed by atoms with Gasteiger partial charge in [0.2, 0.25) is 5.91 Å². The smallest absolute Gasteiger partial charge is 0.325 e. The largest absolute Gasteiger partial charge is 0.465 e. The summed E-state index contributed by atoms with van der Waals surface area (Å²) in [5, 5.41) is 0. The highest BCUT2D eigenvalue weighted by atomic mass is 19.1. The summed E-state index contributed by atoms with van der Waals surface area (Å²) in [6, 6.07) is 0. The lowest BCUT2D eigenvalue weighted by molar-refractivity contribution is -0.147. The van der Waals surface area contributed by atoms with Gasteiger partial charge in [-0.25, -0.2) is 0 Å². The molecule has 0 aromatic rings. The fourth-order valence-electron chi connectivity index (χ4n) is 1.47. The number of halogens is 1. The van der Waals surface area contributed by atoms with Crippen LogP contribution in [0.4, 0.5) is 4.39 Å². The molecule has 0 bridgehead atoms. The molecule has 4 nitrogen and oxygen atoms in total. The Hall–Kier alpha value is -1.13. The number of rotatable bonds is 4. The Balaban J connectivity index is 2.38. The molecule has 0 aromatic heterocycles. The number of alkyl halides is 1. The van der Waals surface area contributed by atoms with Crippen molar-refractivity contribution in [3.63, 3.8) is 0 Å². The molecule has 1 heterocycles. The van der Waals surface area contributed by atoms with E-state index in [2.05, 4.69) is 0 Å². The number of esters is 1. The second-order valence-electron chi connectivity index (χ2n) is 3.30. The summed E-state index contributed by atoms with van der Waals surface area (Å²) in [7, 11) is 0. The predicted octanol–water partition coefficient (Wildman–Crippen LogP) is 0.368. The Labute approximate surface area is 82.0 Å². The number of ether oxygens (including phenoxy) is 1. The van der Waals surface area contributed by atoms with Gasteiger partial charge in [0.05, 0.1) is 13.3 Å². The number of hydrogen-bond donors (Lipinski definition) is 0. The van der Waals surface area contributed by atoms with Crippen LogP contribution in [0.25, 0.3) is 0 Å². The molecule has 0 aliphatic carbocycles. The predicted molar refractivity (Wildman–Crippen MR) is 47.3 cm³/mol.